The number of rotatable bonds is 2. The molecule has 21 heavy (non-hydrogen) atoms. The third-order valence-electron chi connectivity index (χ3n) is 3.60. The highest BCUT2D eigenvalue weighted by Crippen LogP contribution is 2.42. The van der Waals surface area contributed by atoms with E-state index < -0.39 is 6.10 Å². The molecule has 0 saturated heterocycles. The molecule has 1 N–H and O–H groups in total. The van der Waals surface area contributed by atoms with E-state index in [0.29, 0.717) is 12.2 Å². The minimum atomic E-state index is -0.559. The maximum Gasteiger partial charge on any atom is 0.127 e. The van der Waals surface area contributed by atoms with Gasteiger partial charge in [0.25, 0.3) is 0 Å². The van der Waals surface area contributed by atoms with E-state index in [9.17, 15) is 5.11 Å². The first kappa shape index (κ1) is 14.9. The molecule has 0 aromatic heterocycles. The molecule has 3 nitrogen and oxygen atoms in total. The molecule has 1 aliphatic heterocycles. The van der Waals surface area contributed by atoms with Gasteiger partial charge in [-0.1, -0.05) is 6.07 Å². The molecule has 0 amide bonds. The van der Waals surface area contributed by atoms with E-state index >= 15 is 0 Å². The van der Waals surface area contributed by atoms with Crippen LogP contribution in [0.3, 0.4) is 0 Å². The number of hydrogen-bond donors (Lipinski definition) is 1. The average Bonchev–Trinajstić information content (AvgIpc) is 2.49. The second-order valence-corrected chi connectivity index (χ2v) is 6.64. The zero-order valence-corrected chi connectivity index (χ0v) is 14.5. The summed E-state index contributed by atoms with van der Waals surface area (Å²) in [7, 11) is 1.61. The minimum absolute atomic E-state index is 0.162. The lowest BCUT2D eigenvalue weighted by Gasteiger charge is -2.30. The van der Waals surface area contributed by atoms with Crippen molar-refractivity contribution in [2.75, 3.05) is 7.11 Å². The number of aliphatic hydroxyl groups is 1. The highest BCUT2D eigenvalue weighted by atomic mass is 79.9. The Kier molecular flexibility index (Phi) is 4.24. The summed E-state index contributed by atoms with van der Waals surface area (Å²) in [5, 5.41) is 10.4. The van der Waals surface area contributed by atoms with Gasteiger partial charge < -0.3 is 14.6 Å². The Balaban J connectivity index is 1.92. The van der Waals surface area contributed by atoms with Crippen LogP contribution in [0.25, 0.3) is 0 Å². The van der Waals surface area contributed by atoms with Crippen molar-refractivity contribution in [3.63, 3.8) is 0 Å². The van der Waals surface area contributed by atoms with E-state index in [1.807, 2.05) is 36.4 Å². The van der Waals surface area contributed by atoms with Crippen LogP contribution >= 0.6 is 31.9 Å². The Hall–Kier alpha value is -1.04. The molecule has 0 radical (unpaired) electrons. The third-order valence-corrected chi connectivity index (χ3v) is 5.48. The van der Waals surface area contributed by atoms with E-state index in [1.165, 1.54) is 0 Å². The van der Waals surface area contributed by atoms with Gasteiger partial charge >= 0.3 is 0 Å². The summed E-state index contributed by atoms with van der Waals surface area (Å²) >= 11 is 6.95. The zero-order chi connectivity index (χ0) is 15.0. The fourth-order valence-electron chi connectivity index (χ4n) is 2.47. The van der Waals surface area contributed by atoms with Crippen molar-refractivity contribution in [3.8, 4) is 11.5 Å². The smallest absolute Gasteiger partial charge is 0.127 e. The predicted molar refractivity (Wildman–Crippen MR) is 87.8 cm³/mol. The highest BCUT2D eigenvalue weighted by molar-refractivity contribution is 9.13. The normalized spacial score (nSPS) is 20.6. The van der Waals surface area contributed by atoms with E-state index in [2.05, 4.69) is 31.9 Å². The van der Waals surface area contributed by atoms with Crippen molar-refractivity contribution in [2.24, 2.45) is 0 Å². The van der Waals surface area contributed by atoms with Gasteiger partial charge in [-0.3, -0.25) is 0 Å². The molecule has 0 fully saturated rings. The van der Waals surface area contributed by atoms with Crippen LogP contribution in [-0.4, -0.2) is 12.2 Å². The molecule has 0 bridgehead atoms. The number of hydrogen-bond acceptors (Lipinski definition) is 3. The second kappa shape index (κ2) is 5.99. The Morgan fingerprint density at radius 1 is 1.14 bits per heavy atom. The molecular formula is C16H14Br2O3. The minimum Gasteiger partial charge on any atom is -0.497 e. The Labute approximate surface area is 140 Å². The summed E-state index contributed by atoms with van der Waals surface area (Å²) in [4.78, 5) is 0. The van der Waals surface area contributed by atoms with Crippen molar-refractivity contribution < 1.29 is 14.6 Å². The molecule has 0 spiro atoms. The number of benzene rings is 2. The van der Waals surface area contributed by atoms with E-state index in [1.54, 1.807) is 7.11 Å². The zero-order valence-electron chi connectivity index (χ0n) is 11.3. The van der Waals surface area contributed by atoms with Gasteiger partial charge in [-0.2, -0.15) is 0 Å². The van der Waals surface area contributed by atoms with Gasteiger partial charge in [0.2, 0.25) is 0 Å². The van der Waals surface area contributed by atoms with Gasteiger partial charge in [-0.25, -0.2) is 0 Å². The monoisotopic (exact) mass is 412 g/mol. The SMILES string of the molecule is COc1ccc2c(c1)[C@H](O)CC(c1ccc(Br)c(Br)c1)O2. The number of aliphatic hydroxyl groups excluding tert-OH is 1. The summed E-state index contributed by atoms with van der Waals surface area (Å²) in [6.07, 6.45) is -0.199. The largest absolute Gasteiger partial charge is 0.497 e. The molecule has 0 saturated carbocycles. The molecule has 2 aromatic carbocycles. The molecule has 5 heteroatoms. The van der Waals surface area contributed by atoms with Crippen molar-refractivity contribution in [3.05, 3.63) is 56.5 Å². The maximum absolute atomic E-state index is 10.4. The van der Waals surface area contributed by atoms with Crippen LogP contribution in [0.15, 0.2) is 45.3 Å². The quantitative estimate of drug-likeness (QED) is 0.769. The fourth-order valence-corrected chi connectivity index (χ4v) is 3.11. The second-order valence-electron chi connectivity index (χ2n) is 4.94. The van der Waals surface area contributed by atoms with Crippen molar-refractivity contribution in [2.45, 2.75) is 18.6 Å². The molecule has 2 aromatic rings. The van der Waals surface area contributed by atoms with Crippen LogP contribution in [0.4, 0.5) is 0 Å². The molecule has 1 heterocycles. The lowest BCUT2D eigenvalue weighted by atomic mass is 9.95. The summed E-state index contributed by atoms with van der Waals surface area (Å²) in [5.74, 6) is 1.43. The fraction of sp³-hybridized carbons (Fsp3) is 0.250. The summed E-state index contributed by atoms with van der Waals surface area (Å²) in [5.41, 5.74) is 1.81. The van der Waals surface area contributed by atoms with Crippen molar-refractivity contribution >= 4 is 31.9 Å². The van der Waals surface area contributed by atoms with Gasteiger partial charge in [0, 0.05) is 20.9 Å². The first-order chi connectivity index (χ1) is 10.1. The van der Waals surface area contributed by atoms with Crippen molar-refractivity contribution in [1.29, 1.82) is 0 Å². The van der Waals surface area contributed by atoms with E-state index in [0.717, 1.165) is 25.8 Å². The van der Waals surface area contributed by atoms with Gasteiger partial charge in [0.05, 0.1) is 13.2 Å². The van der Waals surface area contributed by atoms with Crippen LogP contribution in [0.1, 0.15) is 29.8 Å². The number of ether oxygens (including phenoxy) is 2. The average molecular weight is 414 g/mol. The molecule has 1 unspecified atom stereocenters. The number of halogens is 2. The topological polar surface area (TPSA) is 38.7 Å². The van der Waals surface area contributed by atoms with Gasteiger partial charge in [0.15, 0.2) is 0 Å². The van der Waals surface area contributed by atoms with Crippen LogP contribution in [0, 0.1) is 0 Å². The van der Waals surface area contributed by atoms with E-state index in [4.69, 9.17) is 9.47 Å². The Bertz CT molecular complexity index is 673. The van der Waals surface area contributed by atoms with Gasteiger partial charge in [0.1, 0.15) is 17.6 Å². The lowest BCUT2D eigenvalue weighted by Crippen LogP contribution is -2.19. The Morgan fingerprint density at radius 3 is 2.67 bits per heavy atom. The molecule has 110 valence electrons. The van der Waals surface area contributed by atoms with Crippen LogP contribution < -0.4 is 9.47 Å². The molecular weight excluding hydrogens is 400 g/mol. The molecule has 0 aliphatic carbocycles. The number of methoxy groups -OCH3 is 1. The van der Waals surface area contributed by atoms with Crippen LogP contribution in [0.5, 0.6) is 11.5 Å². The first-order valence-corrected chi connectivity index (χ1v) is 8.14. The molecule has 1 aliphatic rings. The molecule has 2 atom stereocenters. The first-order valence-electron chi connectivity index (χ1n) is 6.56. The predicted octanol–water partition coefficient (Wildman–Crippen LogP) is 4.78. The number of fused-ring (bicyclic) bond motifs is 1. The third kappa shape index (κ3) is 2.96. The summed E-state index contributed by atoms with van der Waals surface area (Å²) < 4.78 is 13.2. The summed E-state index contributed by atoms with van der Waals surface area (Å²) in [6, 6.07) is 11.5. The standard InChI is InChI=1S/C16H14Br2O3/c1-20-10-3-5-15-11(7-10)14(19)8-16(21-15)9-2-4-12(17)13(18)6-9/h2-7,14,16,19H,8H2,1H3/t14-,16?/m1/s1. The van der Waals surface area contributed by atoms with Crippen LogP contribution in [0.2, 0.25) is 0 Å². The summed E-state index contributed by atoms with van der Waals surface area (Å²) in [6.45, 7) is 0. The van der Waals surface area contributed by atoms with Crippen LogP contribution in [-0.2, 0) is 0 Å². The lowest BCUT2D eigenvalue weighted by molar-refractivity contribution is 0.0654. The Morgan fingerprint density at radius 2 is 1.95 bits per heavy atom. The van der Waals surface area contributed by atoms with E-state index in [-0.39, 0.29) is 6.10 Å². The van der Waals surface area contributed by atoms with Crippen molar-refractivity contribution in [1.82, 2.24) is 0 Å². The van der Waals surface area contributed by atoms with Gasteiger partial charge in [-0.15, -0.1) is 0 Å². The van der Waals surface area contributed by atoms with Gasteiger partial charge in [-0.05, 0) is 67.8 Å². The maximum atomic E-state index is 10.4. The molecule has 3 rings (SSSR count). The highest BCUT2D eigenvalue weighted by Gasteiger charge is 2.28.